The highest BCUT2D eigenvalue weighted by molar-refractivity contribution is 5.92. The van der Waals surface area contributed by atoms with Gasteiger partial charge in [-0.25, -0.2) is 8.78 Å². The fourth-order valence-electron chi connectivity index (χ4n) is 4.71. The molecule has 0 aromatic heterocycles. The maximum Gasteiger partial charge on any atom is 0.280 e. The quantitative estimate of drug-likeness (QED) is 0.787. The summed E-state index contributed by atoms with van der Waals surface area (Å²) in [5.41, 5.74) is 1.19. The second kappa shape index (κ2) is 7.64. The predicted octanol–water partition coefficient (Wildman–Crippen LogP) is 3.37. The van der Waals surface area contributed by atoms with E-state index in [1.165, 1.54) is 6.07 Å². The number of fused-ring (bicyclic) bond motifs is 1. The number of hydrogen-bond acceptors (Lipinski definition) is 2. The number of carbonyl (C=O) groups excluding carboxylic acids is 2. The van der Waals surface area contributed by atoms with Crippen molar-refractivity contribution in [3.63, 3.8) is 0 Å². The molecule has 1 aliphatic heterocycles. The molecular weight excluding hydrogens is 362 g/mol. The van der Waals surface area contributed by atoms with Gasteiger partial charge in [0.15, 0.2) is 5.83 Å². The molecule has 150 valence electrons. The smallest absolute Gasteiger partial charge is 0.280 e. The van der Waals surface area contributed by atoms with E-state index in [0.29, 0.717) is 43.5 Å². The standard InChI is InChI=1S/C22H26F2N2O2/c1-13(10-15-8-4-5-9-18(15)23)22(28)26-11-16-17(12-26)20(16)25-21(27)19(24)14-6-2-3-7-14/h4-5,8-9,13,16-17,20H,2-3,6-7,10-12H2,1H3,(H,25,27)/t13?,16-,17+,20?. The van der Waals surface area contributed by atoms with Crippen molar-refractivity contribution in [1.82, 2.24) is 10.2 Å². The van der Waals surface area contributed by atoms with Crippen LogP contribution >= 0.6 is 0 Å². The van der Waals surface area contributed by atoms with Crippen molar-refractivity contribution in [2.45, 2.75) is 45.1 Å². The van der Waals surface area contributed by atoms with Gasteiger partial charge in [0.2, 0.25) is 5.91 Å². The molecular formula is C22H26F2N2O2. The maximum absolute atomic E-state index is 14.2. The highest BCUT2D eigenvalue weighted by Crippen LogP contribution is 2.46. The van der Waals surface area contributed by atoms with Crippen LogP contribution < -0.4 is 5.32 Å². The SMILES string of the molecule is CC(Cc1ccccc1F)C(=O)N1C[C@@H]2C(NC(=O)C(F)=C3CCCC3)[C@@H]2C1. The highest BCUT2D eigenvalue weighted by atomic mass is 19.1. The molecule has 1 aromatic carbocycles. The molecule has 0 bridgehead atoms. The molecule has 2 saturated carbocycles. The summed E-state index contributed by atoms with van der Waals surface area (Å²) in [5, 5.41) is 2.81. The first-order valence-electron chi connectivity index (χ1n) is 10.2. The number of hydrogen-bond donors (Lipinski definition) is 1. The van der Waals surface area contributed by atoms with Gasteiger partial charge in [0.25, 0.3) is 5.91 Å². The van der Waals surface area contributed by atoms with E-state index in [1.807, 2.05) is 6.92 Å². The molecule has 1 N–H and O–H groups in total. The van der Waals surface area contributed by atoms with Gasteiger partial charge in [-0.15, -0.1) is 0 Å². The van der Waals surface area contributed by atoms with Gasteiger partial charge in [0.1, 0.15) is 5.82 Å². The van der Waals surface area contributed by atoms with E-state index >= 15 is 0 Å². The molecule has 3 aliphatic rings. The Morgan fingerprint density at radius 1 is 1.18 bits per heavy atom. The summed E-state index contributed by atoms with van der Waals surface area (Å²) in [6.07, 6.45) is 3.63. The first kappa shape index (κ1) is 19.1. The second-order valence-corrected chi connectivity index (χ2v) is 8.39. The Balaban J connectivity index is 1.27. The van der Waals surface area contributed by atoms with Crippen LogP contribution in [-0.2, 0) is 16.0 Å². The third kappa shape index (κ3) is 3.69. The Hall–Kier alpha value is -2.24. The van der Waals surface area contributed by atoms with Crippen molar-refractivity contribution in [3.05, 3.63) is 47.0 Å². The molecule has 4 rings (SSSR count). The van der Waals surface area contributed by atoms with Crippen LogP contribution in [0.1, 0.15) is 38.2 Å². The van der Waals surface area contributed by atoms with Gasteiger partial charge in [0, 0.05) is 36.9 Å². The molecule has 0 radical (unpaired) electrons. The van der Waals surface area contributed by atoms with E-state index in [2.05, 4.69) is 5.32 Å². The van der Waals surface area contributed by atoms with E-state index in [4.69, 9.17) is 0 Å². The summed E-state index contributed by atoms with van der Waals surface area (Å²) in [7, 11) is 0. The molecule has 4 atom stereocenters. The Morgan fingerprint density at radius 3 is 2.46 bits per heavy atom. The number of benzene rings is 1. The predicted molar refractivity (Wildman–Crippen MR) is 101 cm³/mol. The maximum atomic E-state index is 14.2. The van der Waals surface area contributed by atoms with E-state index in [0.717, 1.165) is 12.8 Å². The first-order valence-corrected chi connectivity index (χ1v) is 10.2. The summed E-state index contributed by atoms with van der Waals surface area (Å²) in [5.74, 6) is -1.36. The molecule has 2 unspecified atom stereocenters. The lowest BCUT2D eigenvalue weighted by Crippen LogP contribution is -2.40. The largest absolute Gasteiger partial charge is 0.347 e. The average Bonchev–Trinajstić information content (AvgIpc) is 3.12. The molecule has 2 aliphatic carbocycles. The van der Waals surface area contributed by atoms with Crippen LogP contribution in [0.15, 0.2) is 35.7 Å². The van der Waals surface area contributed by atoms with E-state index in [-0.39, 0.29) is 35.5 Å². The van der Waals surface area contributed by atoms with Gasteiger partial charge in [-0.1, -0.05) is 25.1 Å². The summed E-state index contributed by atoms with van der Waals surface area (Å²) < 4.78 is 28.0. The lowest BCUT2D eigenvalue weighted by atomic mass is 9.99. The number of piperidine rings is 1. The van der Waals surface area contributed by atoms with Crippen molar-refractivity contribution >= 4 is 11.8 Å². The third-order valence-corrected chi connectivity index (χ3v) is 6.43. The van der Waals surface area contributed by atoms with Crippen molar-refractivity contribution in [3.8, 4) is 0 Å². The Kier molecular flexibility index (Phi) is 5.21. The Labute approximate surface area is 164 Å². The number of likely N-dealkylation sites (tertiary alicyclic amines) is 1. The monoisotopic (exact) mass is 388 g/mol. The van der Waals surface area contributed by atoms with Gasteiger partial charge >= 0.3 is 0 Å². The first-order chi connectivity index (χ1) is 13.5. The topological polar surface area (TPSA) is 49.4 Å². The minimum absolute atomic E-state index is 0.0137. The van der Waals surface area contributed by atoms with Crippen molar-refractivity contribution in [2.75, 3.05) is 13.1 Å². The second-order valence-electron chi connectivity index (χ2n) is 8.39. The molecule has 1 heterocycles. The summed E-state index contributed by atoms with van der Waals surface area (Å²) in [6, 6.07) is 6.49. The van der Waals surface area contributed by atoms with Gasteiger partial charge in [-0.3, -0.25) is 9.59 Å². The van der Waals surface area contributed by atoms with Crippen molar-refractivity contribution < 1.29 is 18.4 Å². The van der Waals surface area contributed by atoms with Crippen molar-refractivity contribution in [1.29, 1.82) is 0 Å². The van der Waals surface area contributed by atoms with Gasteiger partial charge < -0.3 is 10.2 Å². The van der Waals surface area contributed by atoms with E-state index in [1.54, 1.807) is 23.1 Å². The average molecular weight is 388 g/mol. The number of nitrogens with one attached hydrogen (secondary N) is 1. The zero-order valence-corrected chi connectivity index (χ0v) is 16.1. The summed E-state index contributed by atoms with van der Waals surface area (Å²) in [6.45, 7) is 2.98. The molecule has 1 saturated heterocycles. The van der Waals surface area contributed by atoms with E-state index < -0.39 is 11.7 Å². The number of allylic oxidation sites excluding steroid dienone is 1. The van der Waals surface area contributed by atoms with Gasteiger partial charge in [0.05, 0.1) is 0 Å². The van der Waals surface area contributed by atoms with Crippen LogP contribution in [0, 0.1) is 23.6 Å². The lowest BCUT2D eigenvalue weighted by molar-refractivity contribution is -0.134. The fourth-order valence-corrected chi connectivity index (χ4v) is 4.71. The normalized spacial score (nSPS) is 26.8. The van der Waals surface area contributed by atoms with Crippen LogP contribution in [-0.4, -0.2) is 35.8 Å². The zero-order chi connectivity index (χ0) is 19.8. The minimum Gasteiger partial charge on any atom is -0.347 e. The fraction of sp³-hybridized carbons (Fsp3) is 0.545. The summed E-state index contributed by atoms with van der Waals surface area (Å²) >= 11 is 0. The molecule has 6 heteroatoms. The van der Waals surface area contributed by atoms with Crippen LogP contribution in [0.4, 0.5) is 8.78 Å². The molecule has 1 aromatic rings. The minimum atomic E-state index is -0.603. The highest BCUT2D eigenvalue weighted by Gasteiger charge is 2.57. The van der Waals surface area contributed by atoms with E-state index in [9.17, 15) is 18.4 Å². The van der Waals surface area contributed by atoms with Crippen LogP contribution in [0.3, 0.4) is 0 Å². The third-order valence-electron chi connectivity index (χ3n) is 6.43. The number of carbonyl (C=O) groups is 2. The molecule has 3 fully saturated rings. The van der Waals surface area contributed by atoms with Crippen LogP contribution in [0.2, 0.25) is 0 Å². The Bertz CT molecular complexity index is 803. The van der Waals surface area contributed by atoms with Crippen LogP contribution in [0.5, 0.6) is 0 Å². The molecule has 0 spiro atoms. The number of amides is 2. The number of halogens is 2. The van der Waals surface area contributed by atoms with Gasteiger partial charge in [-0.05, 0) is 49.3 Å². The number of rotatable bonds is 5. The van der Waals surface area contributed by atoms with Crippen LogP contribution in [0.25, 0.3) is 0 Å². The molecule has 2 amide bonds. The lowest BCUT2D eigenvalue weighted by Gasteiger charge is -2.24. The molecule has 28 heavy (non-hydrogen) atoms. The zero-order valence-electron chi connectivity index (χ0n) is 16.1. The van der Waals surface area contributed by atoms with Crippen molar-refractivity contribution in [2.24, 2.45) is 17.8 Å². The Morgan fingerprint density at radius 2 is 1.82 bits per heavy atom. The number of nitrogens with zero attached hydrogens (tertiary/aromatic N) is 1. The van der Waals surface area contributed by atoms with Gasteiger partial charge in [-0.2, -0.15) is 0 Å². The molecule has 4 nitrogen and oxygen atoms in total. The summed E-state index contributed by atoms with van der Waals surface area (Å²) in [4.78, 5) is 26.6.